The first-order valence-corrected chi connectivity index (χ1v) is 6.65. The van der Waals surface area contributed by atoms with Gasteiger partial charge in [-0.15, -0.1) is 0 Å². The number of nitro benzene ring substituents is 1. The third-order valence-corrected chi connectivity index (χ3v) is 3.77. The largest absolute Gasteiger partial charge is 0.376 e. The molecule has 2 atom stereocenters. The fourth-order valence-electron chi connectivity index (χ4n) is 2.65. The predicted octanol–water partition coefficient (Wildman–Crippen LogP) is 2.22. The number of nitrogens with one attached hydrogen (secondary N) is 1. The Morgan fingerprint density at radius 1 is 1.55 bits per heavy atom. The van der Waals surface area contributed by atoms with Crippen LogP contribution in [0.1, 0.15) is 18.9 Å². The van der Waals surface area contributed by atoms with E-state index in [0.717, 1.165) is 19.5 Å². The highest BCUT2D eigenvalue weighted by molar-refractivity contribution is 5.64. The van der Waals surface area contributed by atoms with Crippen LogP contribution in [0.15, 0.2) is 18.2 Å². The van der Waals surface area contributed by atoms with E-state index in [1.807, 2.05) is 6.07 Å². The number of piperidine rings is 1. The van der Waals surface area contributed by atoms with Crippen molar-refractivity contribution < 1.29 is 4.92 Å². The summed E-state index contributed by atoms with van der Waals surface area (Å²) in [7, 11) is 2.07. The summed E-state index contributed by atoms with van der Waals surface area (Å²) in [5, 5.41) is 23.3. The maximum Gasteiger partial charge on any atom is 0.292 e. The molecule has 1 aliphatic heterocycles. The fraction of sp³-hybridized carbons (Fsp3) is 0.500. The molecular weight excluding hydrogens is 256 g/mol. The molecule has 106 valence electrons. The highest BCUT2D eigenvalue weighted by Gasteiger charge is 2.26. The first kappa shape index (κ1) is 14.3. The molecule has 1 N–H and O–H groups in total. The number of rotatable bonds is 3. The SMILES string of the molecule is CC1CN(C)CCC1Nc1cc(C#N)ccc1[N+](=O)[O-]. The molecule has 1 aromatic rings. The van der Waals surface area contributed by atoms with Gasteiger partial charge in [0.05, 0.1) is 16.6 Å². The number of hydrogen-bond donors (Lipinski definition) is 1. The molecule has 6 nitrogen and oxygen atoms in total. The number of hydrogen-bond acceptors (Lipinski definition) is 5. The molecule has 2 rings (SSSR count). The number of likely N-dealkylation sites (tertiary alicyclic amines) is 1. The van der Waals surface area contributed by atoms with Gasteiger partial charge in [0.25, 0.3) is 5.69 Å². The topological polar surface area (TPSA) is 82.2 Å². The van der Waals surface area contributed by atoms with Crippen LogP contribution in [-0.2, 0) is 0 Å². The van der Waals surface area contributed by atoms with E-state index in [1.54, 1.807) is 6.07 Å². The second kappa shape index (κ2) is 5.88. The summed E-state index contributed by atoms with van der Waals surface area (Å²) >= 11 is 0. The molecular formula is C14H18N4O2. The lowest BCUT2D eigenvalue weighted by Crippen LogP contribution is -2.43. The van der Waals surface area contributed by atoms with E-state index in [0.29, 0.717) is 17.2 Å². The van der Waals surface area contributed by atoms with Gasteiger partial charge in [-0.2, -0.15) is 5.26 Å². The van der Waals surface area contributed by atoms with Gasteiger partial charge in [-0.1, -0.05) is 6.92 Å². The fourth-order valence-corrected chi connectivity index (χ4v) is 2.65. The molecule has 0 aromatic heterocycles. The normalized spacial score (nSPS) is 23.1. The molecule has 20 heavy (non-hydrogen) atoms. The van der Waals surface area contributed by atoms with Gasteiger partial charge in [0.2, 0.25) is 0 Å². The second-order valence-corrected chi connectivity index (χ2v) is 5.38. The Labute approximate surface area is 118 Å². The van der Waals surface area contributed by atoms with Crippen molar-refractivity contribution in [2.75, 3.05) is 25.5 Å². The molecule has 0 spiro atoms. The average Bonchev–Trinajstić information content (AvgIpc) is 2.41. The summed E-state index contributed by atoms with van der Waals surface area (Å²) in [6.07, 6.45) is 0.936. The number of benzene rings is 1. The van der Waals surface area contributed by atoms with E-state index in [1.165, 1.54) is 12.1 Å². The Kier molecular flexibility index (Phi) is 4.20. The number of nitro groups is 1. The predicted molar refractivity (Wildman–Crippen MR) is 76.5 cm³/mol. The standard InChI is InChI=1S/C14H18N4O2/c1-10-9-17(2)6-5-12(10)16-13-7-11(8-15)3-4-14(13)18(19)20/h3-4,7,10,12,16H,5-6,9H2,1-2H3. The van der Waals surface area contributed by atoms with E-state index in [4.69, 9.17) is 5.26 Å². The van der Waals surface area contributed by atoms with Crippen molar-refractivity contribution >= 4 is 11.4 Å². The van der Waals surface area contributed by atoms with Crippen LogP contribution in [0, 0.1) is 27.4 Å². The number of nitrogens with zero attached hydrogens (tertiary/aromatic N) is 3. The maximum atomic E-state index is 11.1. The van der Waals surface area contributed by atoms with Crippen molar-refractivity contribution in [2.24, 2.45) is 5.92 Å². The van der Waals surface area contributed by atoms with Crippen molar-refractivity contribution in [3.63, 3.8) is 0 Å². The number of nitriles is 1. The van der Waals surface area contributed by atoms with Gasteiger partial charge < -0.3 is 10.2 Å². The highest BCUT2D eigenvalue weighted by Crippen LogP contribution is 2.29. The molecule has 0 radical (unpaired) electrons. The third kappa shape index (κ3) is 3.06. The van der Waals surface area contributed by atoms with Crippen molar-refractivity contribution in [1.82, 2.24) is 4.90 Å². The summed E-state index contributed by atoms with van der Waals surface area (Å²) in [4.78, 5) is 12.9. The lowest BCUT2D eigenvalue weighted by Gasteiger charge is -2.35. The zero-order valence-corrected chi connectivity index (χ0v) is 11.7. The van der Waals surface area contributed by atoms with Crippen LogP contribution in [-0.4, -0.2) is 36.0 Å². The van der Waals surface area contributed by atoms with E-state index in [-0.39, 0.29) is 11.7 Å². The minimum absolute atomic E-state index is 0.0233. The quantitative estimate of drug-likeness (QED) is 0.675. The van der Waals surface area contributed by atoms with Gasteiger partial charge in [0, 0.05) is 18.7 Å². The molecule has 1 saturated heterocycles. The second-order valence-electron chi connectivity index (χ2n) is 5.38. The Hall–Kier alpha value is -2.13. The Morgan fingerprint density at radius 2 is 2.30 bits per heavy atom. The lowest BCUT2D eigenvalue weighted by atomic mass is 9.94. The van der Waals surface area contributed by atoms with E-state index in [9.17, 15) is 10.1 Å². The van der Waals surface area contributed by atoms with Crippen LogP contribution >= 0.6 is 0 Å². The molecule has 0 aliphatic carbocycles. The molecule has 1 aromatic carbocycles. The minimum Gasteiger partial charge on any atom is -0.376 e. The summed E-state index contributed by atoms with van der Waals surface area (Å²) < 4.78 is 0. The smallest absolute Gasteiger partial charge is 0.292 e. The van der Waals surface area contributed by atoms with Crippen molar-refractivity contribution in [3.05, 3.63) is 33.9 Å². The number of anilines is 1. The van der Waals surface area contributed by atoms with Gasteiger partial charge in [0.1, 0.15) is 5.69 Å². The molecule has 1 aliphatic rings. The first-order chi connectivity index (χ1) is 9.51. The molecule has 1 heterocycles. The van der Waals surface area contributed by atoms with Crippen LogP contribution < -0.4 is 5.32 Å². The maximum absolute atomic E-state index is 11.1. The summed E-state index contributed by atoms with van der Waals surface area (Å²) in [5.41, 5.74) is 0.893. The van der Waals surface area contributed by atoms with Gasteiger partial charge in [-0.05, 0) is 38.1 Å². The molecule has 0 bridgehead atoms. The minimum atomic E-state index is -0.414. The third-order valence-electron chi connectivity index (χ3n) is 3.77. The van der Waals surface area contributed by atoms with E-state index < -0.39 is 4.92 Å². The van der Waals surface area contributed by atoms with Crippen LogP contribution in [0.5, 0.6) is 0 Å². The Morgan fingerprint density at radius 3 is 2.90 bits per heavy atom. The van der Waals surface area contributed by atoms with Gasteiger partial charge >= 0.3 is 0 Å². The molecule has 6 heteroatoms. The summed E-state index contributed by atoms with van der Waals surface area (Å²) in [6.45, 7) is 4.06. The summed E-state index contributed by atoms with van der Waals surface area (Å²) in [6, 6.07) is 6.63. The van der Waals surface area contributed by atoms with Crippen molar-refractivity contribution in [2.45, 2.75) is 19.4 Å². The molecule has 2 unspecified atom stereocenters. The summed E-state index contributed by atoms with van der Waals surface area (Å²) in [5.74, 6) is 0.402. The van der Waals surface area contributed by atoms with Gasteiger partial charge in [-0.3, -0.25) is 10.1 Å². The van der Waals surface area contributed by atoms with Crippen LogP contribution in [0.3, 0.4) is 0 Å². The van der Waals surface area contributed by atoms with Crippen LogP contribution in [0.4, 0.5) is 11.4 Å². The Balaban J connectivity index is 2.23. The molecule has 1 fully saturated rings. The Bertz CT molecular complexity index is 553. The zero-order valence-electron chi connectivity index (χ0n) is 11.7. The van der Waals surface area contributed by atoms with Crippen molar-refractivity contribution in [3.8, 4) is 6.07 Å². The highest BCUT2D eigenvalue weighted by atomic mass is 16.6. The van der Waals surface area contributed by atoms with Crippen LogP contribution in [0.2, 0.25) is 0 Å². The first-order valence-electron chi connectivity index (χ1n) is 6.65. The van der Waals surface area contributed by atoms with Gasteiger partial charge in [-0.25, -0.2) is 0 Å². The zero-order chi connectivity index (χ0) is 14.7. The van der Waals surface area contributed by atoms with Crippen molar-refractivity contribution in [1.29, 1.82) is 5.26 Å². The molecule has 0 amide bonds. The van der Waals surface area contributed by atoms with Gasteiger partial charge in [0.15, 0.2) is 0 Å². The average molecular weight is 274 g/mol. The van der Waals surface area contributed by atoms with E-state index >= 15 is 0 Å². The monoisotopic (exact) mass is 274 g/mol. The lowest BCUT2D eigenvalue weighted by molar-refractivity contribution is -0.384. The van der Waals surface area contributed by atoms with E-state index in [2.05, 4.69) is 24.2 Å². The van der Waals surface area contributed by atoms with Crippen LogP contribution in [0.25, 0.3) is 0 Å². The molecule has 0 saturated carbocycles.